The third-order valence-electron chi connectivity index (χ3n) is 3.10. The van der Waals surface area contributed by atoms with Crippen LogP contribution in [0.15, 0.2) is 0 Å². The molecule has 1 heterocycles. The lowest BCUT2D eigenvalue weighted by atomic mass is 9.88. The second kappa shape index (κ2) is 5.58. The number of piperidine rings is 1. The van der Waals surface area contributed by atoms with Gasteiger partial charge in [0.05, 0.1) is 0 Å². The Kier molecular flexibility index (Phi) is 4.70. The van der Waals surface area contributed by atoms with E-state index >= 15 is 0 Å². The molecule has 0 radical (unpaired) electrons. The van der Waals surface area contributed by atoms with Crippen molar-refractivity contribution in [3.8, 4) is 0 Å². The molecular weight excluding hydrogens is 162 g/mol. The molecule has 1 saturated heterocycles. The van der Waals surface area contributed by atoms with Gasteiger partial charge in [-0.3, -0.25) is 0 Å². The summed E-state index contributed by atoms with van der Waals surface area (Å²) in [6.45, 7) is 3.49. The van der Waals surface area contributed by atoms with Crippen LogP contribution in [-0.2, 0) is 0 Å². The van der Waals surface area contributed by atoms with Crippen LogP contribution in [0.5, 0.6) is 0 Å². The minimum absolute atomic E-state index is 0.404. The molecule has 0 spiro atoms. The van der Waals surface area contributed by atoms with Gasteiger partial charge >= 0.3 is 0 Å². The Labute approximate surface area is 81.7 Å². The number of rotatable bonds is 4. The second-order valence-electron chi connectivity index (χ2n) is 4.20. The summed E-state index contributed by atoms with van der Waals surface area (Å²) in [6.07, 6.45) is 3.67. The van der Waals surface area contributed by atoms with E-state index in [0.29, 0.717) is 6.04 Å². The van der Waals surface area contributed by atoms with Crippen molar-refractivity contribution in [2.24, 2.45) is 11.7 Å². The Morgan fingerprint density at radius 1 is 1.46 bits per heavy atom. The number of nitrogens with two attached hydrogens (primary N) is 1. The van der Waals surface area contributed by atoms with Crippen molar-refractivity contribution in [2.75, 3.05) is 33.7 Å². The summed E-state index contributed by atoms with van der Waals surface area (Å²) in [5, 5.41) is 3.16. The summed E-state index contributed by atoms with van der Waals surface area (Å²) in [5.41, 5.74) is 6.12. The van der Waals surface area contributed by atoms with Gasteiger partial charge in [0.2, 0.25) is 0 Å². The van der Waals surface area contributed by atoms with E-state index in [1.54, 1.807) is 0 Å². The van der Waals surface area contributed by atoms with E-state index in [0.717, 1.165) is 18.9 Å². The fraction of sp³-hybridized carbons (Fsp3) is 1.00. The molecule has 1 aliphatic heterocycles. The molecule has 0 aliphatic carbocycles. The predicted octanol–water partition coefficient (Wildman–Crippen LogP) is 0.265. The van der Waals surface area contributed by atoms with Crippen molar-refractivity contribution in [2.45, 2.75) is 25.3 Å². The SMILES string of the molecule is CNCCC(N)C1CCN(C)CC1. The largest absolute Gasteiger partial charge is 0.327 e. The minimum atomic E-state index is 0.404. The highest BCUT2D eigenvalue weighted by atomic mass is 15.1. The van der Waals surface area contributed by atoms with Gasteiger partial charge in [-0.05, 0) is 58.9 Å². The van der Waals surface area contributed by atoms with Crippen LogP contribution in [0.4, 0.5) is 0 Å². The van der Waals surface area contributed by atoms with Gasteiger partial charge in [-0.15, -0.1) is 0 Å². The van der Waals surface area contributed by atoms with E-state index in [1.165, 1.54) is 25.9 Å². The number of nitrogens with zero attached hydrogens (tertiary/aromatic N) is 1. The van der Waals surface area contributed by atoms with Gasteiger partial charge in [0.15, 0.2) is 0 Å². The molecule has 1 atom stereocenters. The van der Waals surface area contributed by atoms with Crippen LogP contribution in [0.1, 0.15) is 19.3 Å². The van der Waals surface area contributed by atoms with Gasteiger partial charge in [-0.2, -0.15) is 0 Å². The summed E-state index contributed by atoms with van der Waals surface area (Å²) < 4.78 is 0. The monoisotopic (exact) mass is 185 g/mol. The highest BCUT2D eigenvalue weighted by molar-refractivity contribution is 4.79. The lowest BCUT2D eigenvalue weighted by Crippen LogP contribution is -2.40. The lowest BCUT2D eigenvalue weighted by Gasteiger charge is -2.32. The first kappa shape index (κ1) is 11.0. The van der Waals surface area contributed by atoms with Crippen LogP contribution in [0.25, 0.3) is 0 Å². The van der Waals surface area contributed by atoms with Crippen LogP contribution < -0.4 is 11.1 Å². The smallest absolute Gasteiger partial charge is 0.00801 e. The van der Waals surface area contributed by atoms with E-state index in [1.807, 2.05) is 7.05 Å². The van der Waals surface area contributed by atoms with E-state index in [9.17, 15) is 0 Å². The van der Waals surface area contributed by atoms with E-state index < -0.39 is 0 Å². The normalized spacial score (nSPS) is 23.3. The molecule has 1 unspecified atom stereocenters. The van der Waals surface area contributed by atoms with Crippen molar-refractivity contribution in [3.63, 3.8) is 0 Å². The Bertz CT molecular complexity index is 130. The van der Waals surface area contributed by atoms with Gasteiger partial charge < -0.3 is 16.0 Å². The van der Waals surface area contributed by atoms with E-state index in [4.69, 9.17) is 5.73 Å². The molecule has 3 nitrogen and oxygen atoms in total. The maximum atomic E-state index is 6.12. The quantitative estimate of drug-likeness (QED) is 0.660. The highest BCUT2D eigenvalue weighted by Crippen LogP contribution is 2.19. The topological polar surface area (TPSA) is 41.3 Å². The molecule has 1 aliphatic rings. The first-order valence-electron chi connectivity index (χ1n) is 5.32. The van der Waals surface area contributed by atoms with Gasteiger partial charge in [0, 0.05) is 6.04 Å². The van der Waals surface area contributed by atoms with Crippen LogP contribution in [-0.4, -0.2) is 44.7 Å². The fourth-order valence-corrected chi connectivity index (χ4v) is 2.00. The average molecular weight is 185 g/mol. The zero-order valence-corrected chi connectivity index (χ0v) is 8.92. The molecule has 1 rings (SSSR count). The number of likely N-dealkylation sites (tertiary alicyclic amines) is 1. The van der Waals surface area contributed by atoms with Crippen molar-refractivity contribution in [3.05, 3.63) is 0 Å². The van der Waals surface area contributed by atoms with Crippen molar-refractivity contribution in [1.82, 2.24) is 10.2 Å². The van der Waals surface area contributed by atoms with Crippen LogP contribution in [0, 0.1) is 5.92 Å². The zero-order valence-electron chi connectivity index (χ0n) is 8.92. The molecule has 3 heteroatoms. The number of hydrogen-bond acceptors (Lipinski definition) is 3. The summed E-state index contributed by atoms with van der Waals surface area (Å²) in [6, 6.07) is 0.404. The third kappa shape index (κ3) is 3.63. The maximum Gasteiger partial charge on any atom is 0.00801 e. The predicted molar refractivity (Wildman–Crippen MR) is 56.7 cm³/mol. The lowest BCUT2D eigenvalue weighted by molar-refractivity contribution is 0.195. The Morgan fingerprint density at radius 2 is 2.08 bits per heavy atom. The molecule has 1 fully saturated rings. The van der Waals surface area contributed by atoms with Crippen molar-refractivity contribution in [1.29, 1.82) is 0 Å². The van der Waals surface area contributed by atoms with E-state index in [2.05, 4.69) is 17.3 Å². The first-order valence-corrected chi connectivity index (χ1v) is 5.32. The molecule has 78 valence electrons. The molecule has 0 bridgehead atoms. The minimum Gasteiger partial charge on any atom is -0.327 e. The fourth-order valence-electron chi connectivity index (χ4n) is 2.00. The van der Waals surface area contributed by atoms with Crippen LogP contribution in [0.2, 0.25) is 0 Å². The molecule has 3 N–H and O–H groups in total. The average Bonchev–Trinajstić information content (AvgIpc) is 2.15. The molecular formula is C10H23N3. The van der Waals surface area contributed by atoms with Crippen LogP contribution >= 0.6 is 0 Å². The molecule has 0 aromatic carbocycles. The van der Waals surface area contributed by atoms with Crippen LogP contribution in [0.3, 0.4) is 0 Å². The number of hydrogen-bond donors (Lipinski definition) is 2. The Morgan fingerprint density at radius 3 is 2.62 bits per heavy atom. The summed E-state index contributed by atoms with van der Waals surface area (Å²) in [5.74, 6) is 0.754. The Hall–Kier alpha value is -0.120. The maximum absolute atomic E-state index is 6.12. The second-order valence-corrected chi connectivity index (χ2v) is 4.20. The highest BCUT2D eigenvalue weighted by Gasteiger charge is 2.21. The summed E-state index contributed by atoms with van der Waals surface area (Å²) in [4.78, 5) is 2.39. The Balaban J connectivity index is 2.19. The standard InChI is InChI=1S/C10H23N3/c1-12-6-3-10(11)9-4-7-13(2)8-5-9/h9-10,12H,3-8,11H2,1-2H3. The van der Waals surface area contributed by atoms with Crippen molar-refractivity contribution >= 4 is 0 Å². The van der Waals surface area contributed by atoms with Gasteiger partial charge in [0.1, 0.15) is 0 Å². The first-order chi connectivity index (χ1) is 6.24. The summed E-state index contributed by atoms with van der Waals surface area (Å²) in [7, 11) is 4.18. The molecule has 0 saturated carbocycles. The molecule has 0 aromatic rings. The number of nitrogens with one attached hydrogen (secondary N) is 1. The molecule has 0 amide bonds. The summed E-state index contributed by atoms with van der Waals surface area (Å²) >= 11 is 0. The molecule has 13 heavy (non-hydrogen) atoms. The van der Waals surface area contributed by atoms with Gasteiger partial charge in [-0.1, -0.05) is 0 Å². The molecule has 0 aromatic heterocycles. The third-order valence-corrected chi connectivity index (χ3v) is 3.10. The van der Waals surface area contributed by atoms with Gasteiger partial charge in [-0.25, -0.2) is 0 Å². The van der Waals surface area contributed by atoms with E-state index in [-0.39, 0.29) is 0 Å². The zero-order chi connectivity index (χ0) is 9.68. The van der Waals surface area contributed by atoms with Crippen molar-refractivity contribution < 1.29 is 0 Å². The van der Waals surface area contributed by atoms with Gasteiger partial charge in [0.25, 0.3) is 0 Å².